The number of benzene rings is 2. The summed E-state index contributed by atoms with van der Waals surface area (Å²) in [6.07, 6.45) is 6.16. The lowest BCUT2D eigenvalue weighted by atomic mass is 10.1. The van der Waals surface area contributed by atoms with Crippen molar-refractivity contribution in [3.05, 3.63) is 53.1 Å². The minimum Gasteiger partial charge on any atom is -0.493 e. The van der Waals surface area contributed by atoms with Gasteiger partial charge in [0.2, 0.25) is 0 Å². The highest BCUT2D eigenvalue weighted by Gasteiger charge is 2.06. The van der Waals surface area contributed by atoms with Crippen molar-refractivity contribution in [2.75, 3.05) is 20.3 Å². The van der Waals surface area contributed by atoms with Crippen LogP contribution in [0.3, 0.4) is 0 Å². The molecule has 162 valence electrons. The average Bonchev–Trinajstić information content (AvgIpc) is 2.72. The number of nitrogens with one attached hydrogen (secondary N) is 1. The lowest BCUT2D eigenvalue weighted by molar-refractivity contribution is -0.123. The van der Waals surface area contributed by atoms with E-state index in [-0.39, 0.29) is 12.5 Å². The molecule has 2 aromatic rings. The summed E-state index contributed by atoms with van der Waals surface area (Å²) in [7, 11) is 1.60. The first kappa shape index (κ1) is 23.3. The standard InChI is InChI=1S/C24H32N2O4/c1-5-6-7-8-11-29-22-10-9-20(15-23(22)28-4)16-25-26-24(27)17-30-21-13-18(2)12-19(3)14-21/h9-10,12-16H,5-8,11,17H2,1-4H3,(H,26,27)/b25-16+. The molecule has 0 aromatic heterocycles. The van der Waals surface area contributed by atoms with Crippen LogP contribution in [0, 0.1) is 13.8 Å². The molecule has 0 radical (unpaired) electrons. The third kappa shape index (κ3) is 8.15. The van der Waals surface area contributed by atoms with Gasteiger partial charge in [-0.2, -0.15) is 5.10 Å². The molecule has 0 bridgehead atoms. The van der Waals surface area contributed by atoms with E-state index < -0.39 is 0 Å². The summed E-state index contributed by atoms with van der Waals surface area (Å²) in [6, 6.07) is 11.4. The fourth-order valence-corrected chi connectivity index (χ4v) is 2.97. The maximum atomic E-state index is 12.0. The summed E-state index contributed by atoms with van der Waals surface area (Å²) < 4.78 is 16.7. The topological polar surface area (TPSA) is 69.2 Å². The first-order valence-electron chi connectivity index (χ1n) is 10.4. The van der Waals surface area contributed by atoms with E-state index in [1.807, 2.05) is 50.2 Å². The third-order valence-corrected chi connectivity index (χ3v) is 4.41. The smallest absolute Gasteiger partial charge is 0.277 e. The van der Waals surface area contributed by atoms with E-state index in [1.54, 1.807) is 13.3 Å². The van der Waals surface area contributed by atoms with Gasteiger partial charge in [-0.05, 0) is 67.3 Å². The van der Waals surface area contributed by atoms with Crippen molar-refractivity contribution in [3.63, 3.8) is 0 Å². The molecule has 0 atom stereocenters. The largest absolute Gasteiger partial charge is 0.493 e. The van der Waals surface area contributed by atoms with E-state index in [1.165, 1.54) is 12.8 Å². The summed E-state index contributed by atoms with van der Waals surface area (Å²) in [5, 5.41) is 3.99. The second-order valence-corrected chi connectivity index (χ2v) is 7.22. The summed E-state index contributed by atoms with van der Waals surface area (Å²) in [5.74, 6) is 1.68. The predicted molar refractivity (Wildman–Crippen MR) is 120 cm³/mol. The Morgan fingerprint density at radius 3 is 2.47 bits per heavy atom. The fraction of sp³-hybridized carbons (Fsp3) is 0.417. The first-order chi connectivity index (χ1) is 14.5. The molecule has 0 fully saturated rings. The lowest BCUT2D eigenvalue weighted by Gasteiger charge is -2.11. The Balaban J connectivity index is 1.82. The van der Waals surface area contributed by atoms with Crippen LogP contribution in [0.5, 0.6) is 17.2 Å². The first-order valence-corrected chi connectivity index (χ1v) is 10.4. The van der Waals surface area contributed by atoms with Gasteiger partial charge in [-0.1, -0.05) is 32.3 Å². The minimum atomic E-state index is -0.329. The van der Waals surface area contributed by atoms with E-state index in [0.717, 1.165) is 29.5 Å². The van der Waals surface area contributed by atoms with Crippen molar-refractivity contribution in [3.8, 4) is 17.2 Å². The molecule has 0 spiro atoms. The molecule has 6 heteroatoms. The number of nitrogens with zero attached hydrogens (tertiary/aromatic N) is 1. The van der Waals surface area contributed by atoms with Crippen molar-refractivity contribution in [1.82, 2.24) is 5.43 Å². The molecule has 1 N–H and O–H groups in total. The van der Waals surface area contributed by atoms with Crippen LogP contribution < -0.4 is 19.6 Å². The van der Waals surface area contributed by atoms with E-state index in [9.17, 15) is 4.79 Å². The van der Waals surface area contributed by atoms with Crippen LogP contribution >= 0.6 is 0 Å². The number of carbonyl (C=O) groups excluding carboxylic acids is 1. The second kappa shape index (κ2) is 12.5. The summed E-state index contributed by atoms with van der Waals surface area (Å²) in [5.41, 5.74) is 5.44. The van der Waals surface area contributed by atoms with Gasteiger partial charge in [0, 0.05) is 0 Å². The quantitative estimate of drug-likeness (QED) is 0.309. The van der Waals surface area contributed by atoms with Crippen molar-refractivity contribution >= 4 is 12.1 Å². The molecule has 0 unspecified atom stereocenters. The molecule has 30 heavy (non-hydrogen) atoms. The highest BCUT2D eigenvalue weighted by atomic mass is 16.5. The number of hydrogen-bond donors (Lipinski definition) is 1. The van der Waals surface area contributed by atoms with Crippen LogP contribution in [0.1, 0.15) is 49.3 Å². The van der Waals surface area contributed by atoms with Crippen LogP contribution in [0.4, 0.5) is 0 Å². The van der Waals surface area contributed by atoms with Crippen molar-refractivity contribution in [1.29, 1.82) is 0 Å². The minimum absolute atomic E-state index is 0.103. The zero-order valence-electron chi connectivity index (χ0n) is 18.4. The number of unbranched alkanes of at least 4 members (excludes halogenated alkanes) is 3. The van der Waals surface area contributed by atoms with Gasteiger partial charge in [0.15, 0.2) is 18.1 Å². The molecule has 0 heterocycles. The van der Waals surface area contributed by atoms with E-state index in [0.29, 0.717) is 23.9 Å². The fourth-order valence-electron chi connectivity index (χ4n) is 2.97. The van der Waals surface area contributed by atoms with Gasteiger partial charge in [-0.25, -0.2) is 5.43 Å². The number of ether oxygens (including phenoxy) is 3. The average molecular weight is 413 g/mol. The Morgan fingerprint density at radius 2 is 1.77 bits per heavy atom. The molecule has 0 aliphatic heterocycles. The predicted octanol–water partition coefficient (Wildman–Crippen LogP) is 4.80. The van der Waals surface area contributed by atoms with Crippen LogP contribution in [0.2, 0.25) is 0 Å². The van der Waals surface area contributed by atoms with Gasteiger partial charge in [0.1, 0.15) is 5.75 Å². The van der Waals surface area contributed by atoms with E-state index in [2.05, 4.69) is 17.5 Å². The van der Waals surface area contributed by atoms with Gasteiger partial charge in [0.25, 0.3) is 5.91 Å². The maximum Gasteiger partial charge on any atom is 0.277 e. The second-order valence-electron chi connectivity index (χ2n) is 7.22. The molecule has 2 rings (SSSR count). The SMILES string of the molecule is CCCCCCOc1ccc(/C=N/NC(=O)COc2cc(C)cc(C)c2)cc1OC. The Hall–Kier alpha value is -3.02. The molecule has 0 aliphatic rings. The van der Waals surface area contributed by atoms with Crippen LogP contribution in [-0.2, 0) is 4.79 Å². The highest BCUT2D eigenvalue weighted by Crippen LogP contribution is 2.27. The van der Waals surface area contributed by atoms with Gasteiger partial charge < -0.3 is 14.2 Å². The Bertz CT molecular complexity index is 829. The van der Waals surface area contributed by atoms with Crippen molar-refractivity contribution in [2.45, 2.75) is 46.5 Å². The van der Waals surface area contributed by atoms with E-state index in [4.69, 9.17) is 14.2 Å². The number of carbonyl (C=O) groups is 1. The Kier molecular flexibility index (Phi) is 9.71. The third-order valence-electron chi connectivity index (χ3n) is 4.41. The van der Waals surface area contributed by atoms with Crippen molar-refractivity contribution in [2.24, 2.45) is 5.10 Å². The lowest BCUT2D eigenvalue weighted by Crippen LogP contribution is -2.24. The molecular weight excluding hydrogens is 380 g/mol. The summed E-state index contributed by atoms with van der Waals surface area (Å²) in [6.45, 7) is 6.72. The normalized spacial score (nSPS) is 10.8. The summed E-state index contributed by atoms with van der Waals surface area (Å²) in [4.78, 5) is 12.0. The number of amides is 1. The maximum absolute atomic E-state index is 12.0. The summed E-state index contributed by atoms with van der Waals surface area (Å²) >= 11 is 0. The number of methoxy groups -OCH3 is 1. The van der Waals surface area contributed by atoms with Gasteiger partial charge in [-0.15, -0.1) is 0 Å². The molecule has 0 saturated carbocycles. The van der Waals surface area contributed by atoms with Gasteiger partial charge in [0.05, 0.1) is 19.9 Å². The Labute approximate surface area is 179 Å². The van der Waals surface area contributed by atoms with Gasteiger partial charge >= 0.3 is 0 Å². The molecule has 1 amide bonds. The molecule has 2 aromatic carbocycles. The van der Waals surface area contributed by atoms with Crippen LogP contribution in [-0.4, -0.2) is 32.4 Å². The number of rotatable bonds is 12. The molecular formula is C24H32N2O4. The molecule has 0 aliphatic carbocycles. The zero-order valence-corrected chi connectivity index (χ0v) is 18.4. The van der Waals surface area contributed by atoms with E-state index >= 15 is 0 Å². The van der Waals surface area contributed by atoms with Crippen LogP contribution in [0.15, 0.2) is 41.5 Å². The van der Waals surface area contributed by atoms with Crippen LogP contribution in [0.25, 0.3) is 0 Å². The molecule has 0 saturated heterocycles. The number of hydrazone groups is 1. The van der Waals surface area contributed by atoms with Crippen molar-refractivity contribution < 1.29 is 19.0 Å². The Morgan fingerprint density at radius 1 is 1.00 bits per heavy atom. The molecule has 6 nitrogen and oxygen atoms in total. The number of hydrogen-bond acceptors (Lipinski definition) is 5. The zero-order chi connectivity index (χ0) is 21.8. The monoisotopic (exact) mass is 412 g/mol. The van der Waals surface area contributed by atoms with Gasteiger partial charge in [-0.3, -0.25) is 4.79 Å². The number of aryl methyl sites for hydroxylation is 2. The highest BCUT2D eigenvalue weighted by molar-refractivity contribution is 5.83.